The average molecular weight is 242 g/mol. The van der Waals surface area contributed by atoms with E-state index >= 15 is 0 Å². The molecule has 0 saturated heterocycles. The number of hydrogen-bond donors (Lipinski definition) is 2. The smallest absolute Gasteiger partial charge is 0.336 e. The standard InChI is InChI=1S/C7H10N6O4/c8-11-9-1-2-12-5(15)10-6(16)13(3-4-14)7(12)17/h14H,1-4H2,(H,10,15,16). The van der Waals surface area contributed by atoms with Crippen molar-refractivity contribution in [3.63, 3.8) is 0 Å². The first-order valence-corrected chi connectivity index (χ1v) is 4.67. The Labute approximate surface area is 93.4 Å². The fourth-order valence-electron chi connectivity index (χ4n) is 1.23. The molecule has 0 aromatic carbocycles. The van der Waals surface area contributed by atoms with E-state index in [4.69, 9.17) is 10.6 Å². The van der Waals surface area contributed by atoms with Crippen LogP contribution in [0.1, 0.15) is 0 Å². The molecule has 0 amide bonds. The maximum absolute atomic E-state index is 11.7. The van der Waals surface area contributed by atoms with Gasteiger partial charge in [-0.15, -0.1) is 0 Å². The highest BCUT2D eigenvalue weighted by molar-refractivity contribution is 4.74. The number of aliphatic hydroxyl groups excluding tert-OH is 1. The van der Waals surface area contributed by atoms with Crippen LogP contribution in [-0.4, -0.2) is 32.4 Å². The average Bonchev–Trinajstić information content (AvgIpc) is 2.29. The van der Waals surface area contributed by atoms with E-state index in [1.807, 2.05) is 4.98 Å². The van der Waals surface area contributed by atoms with Crippen LogP contribution in [0.2, 0.25) is 0 Å². The highest BCUT2D eigenvalue weighted by atomic mass is 16.3. The van der Waals surface area contributed by atoms with Crippen LogP contribution in [0.15, 0.2) is 19.5 Å². The Bertz CT molecular complexity index is 604. The van der Waals surface area contributed by atoms with Gasteiger partial charge in [-0.3, -0.25) is 4.98 Å². The quantitative estimate of drug-likeness (QED) is 0.349. The Hall–Kier alpha value is -2.32. The zero-order chi connectivity index (χ0) is 12.8. The normalized spacial score (nSPS) is 9.94. The maximum Gasteiger partial charge on any atom is 0.336 e. The number of nitrogens with zero attached hydrogens (tertiary/aromatic N) is 5. The molecule has 0 unspecified atom stereocenters. The third-order valence-electron chi connectivity index (χ3n) is 1.98. The maximum atomic E-state index is 11.7. The number of rotatable bonds is 5. The third kappa shape index (κ3) is 2.83. The Morgan fingerprint density at radius 1 is 1.24 bits per heavy atom. The molecule has 1 aromatic rings. The predicted molar refractivity (Wildman–Crippen MR) is 56.7 cm³/mol. The van der Waals surface area contributed by atoms with Gasteiger partial charge in [0.15, 0.2) is 0 Å². The fourth-order valence-corrected chi connectivity index (χ4v) is 1.23. The Balaban J connectivity index is 3.26. The minimum absolute atomic E-state index is 0.0865. The third-order valence-corrected chi connectivity index (χ3v) is 1.98. The predicted octanol–water partition coefficient (Wildman–Crippen LogP) is -2.00. The van der Waals surface area contributed by atoms with Crippen LogP contribution in [0.25, 0.3) is 10.4 Å². The molecule has 1 heterocycles. The van der Waals surface area contributed by atoms with Gasteiger partial charge in [0.25, 0.3) is 0 Å². The van der Waals surface area contributed by atoms with Crippen LogP contribution in [0.3, 0.4) is 0 Å². The summed E-state index contributed by atoms with van der Waals surface area (Å²) in [5, 5.41) is 11.9. The summed E-state index contributed by atoms with van der Waals surface area (Å²) < 4.78 is 1.42. The Morgan fingerprint density at radius 2 is 1.82 bits per heavy atom. The van der Waals surface area contributed by atoms with E-state index in [1.165, 1.54) is 0 Å². The molecule has 0 fully saturated rings. The van der Waals surface area contributed by atoms with Crippen molar-refractivity contribution in [2.24, 2.45) is 5.11 Å². The van der Waals surface area contributed by atoms with Gasteiger partial charge in [-0.1, -0.05) is 5.11 Å². The van der Waals surface area contributed by atoms with Gasteiger partial charge in [0.2, 0.25) is 0 Å². The SMILES string of the molecule is [N-]=[N+]=NCCn1c(=O)[nH]c(=O)n(CCO)c1=O. The number of aromatic amines is 1. The van der Waals surface area contributed by atoms with Crippen LogP contribution in [-0.2, 0) is 13.1 Å². The van der Waals surface area contributed by atoms with Crippen LogP contribution >= 0.6 is 0 Å². The van der Waals surface area contributed by atoms with E-state index in [0.29, 0.717) is 4.57 Å². The lowest BCUT2D eigenvalue weighted by atomic mass is 10.6. The second kappa shape index (κ2) is 5.68. The van der Waals surface area contributed by atoms with Crippen molar-refractivity contribution in [2.45, 2.75) is 13.1 Å². The van der Waals surface area contributed by atoms with Gasteiger partial charge in [-0.25, -0.2) is 23.5 Å². The molecule has 17 heavy (non-hydrogen) atoms. The molecule has 0 spiro atoms. The summed E-state index contributed by atoms with van der Waals surface area (Å²) in [5.74, 6) is 0. The Morgan fingerprint density at radius 3 is 2.35 bits per heavy atom. The van der Waals surface area contributed by atoms with Crippen molar-refractivity contribution in [3.8, 4) is 0 Å². The van der Waals surface area contributed by atoms with E-state index in [-0.39, 0.29) is 19.6 Å². The minimum Gasteiger partial charge on any atom is -0.395 e. The van der Waals surface area contributed by atoms with Crippen LogP contribution in [0.5, 0.6) is 0 Å². The molecule has 10 heteroatoms. The first kappa shape index (κ1) is 12.7. The van der Waals surface area contributed by atoms with Crippen LogP contribution < -0.4 is 17.1 Å². The lowest BCUT2D eigenvalue weighted by molar-refractivity contribution is 0.267. The summed E-state index contributed by atoms with van der Waals surface area (Å²) >= 11 is 0. The molecule has 0 aliphatic heterocycles. The number of nitrogens with one attached hydrogen (secondary N) is 1. The van der Waals surface area contributed by atoms with Crippen molar-refractivity contribution >= 4 is 0 Å². The molecule has 0 aliphatic rings. The number of aliphatic hydroxyl groups is 1. The van der Waals surface area contributed by atoms with E-state index < -0.39 is 23.7 Å². The summed E-state index contributed by atoms with van der Waals surface area (Å²) in [4.78, 5) is 38.6. The molecule has 0 bridgehead atoms. The molecule has 0 aliphatic carbocycles. The van der Waals surface area contributed by atoms with Gasteiger partial charge < -0.3 is 5.11 Å². The van der Waals surface area contributed by atoms with E-state index in [9.17, 15) is 14.4 Å². The number of azide groups is 1. The summed E-state index contributed by atoms with van der Waals surface area (Å²) in [5.41, 5.74) is 5.46. The molecule has 0 atom stereocenters. The van der Waals surface area contributed by atoms with Crippen molar-refractivity contribution in [1.82, 2.24) is 14.1 Å². The highest BCUT2D eigenvalue weighted by Gasteiger charge is 2.08. The molecule has 0 saturated carbocycles. The van der Waals surface area contributed by atoms with Crippen molar-refractivity contribution in [3.05, 3.63) is 41.9 Å². The highest BCUT2D eigenvalue weighted by Crippen LogP contribution is 1.76. The second-order valence-corrected chi connectivity index (χ2v) is 3.00. The lowest BCUT2D eigenvalue weighted by Gasteiger charge is -2.05. The van der Waals surface area contributed by atoms with Crippen LogP contribution in [0, 0.1) is 0 Å². The summed E-state index contributed by atoms with van der Waals surface area (Å²) in [6, 6.07) is 0. The molecule has 2 N–H and O–H groups in total. The summed E-state index contributed by atoms with van der Waals surface area (Å²) in [6.07, 6.45) is 0. The monoisotopic (exact) mass is 242 g/mol. The molecular weight excluding hydrogens is 232 g/mol. The minimum atomic E-state index is -0.880. The first-order chi connectivity index (χ1) is 8.11. The lowest BCUT2D eigenvalue weighted by Crippen LogP contribution is -2.50. The topological polar surface area (TPSA) is 146 Å². The van der Waals surface area contributed by atoms with Crippen molar-refractivity contribution in [1.29, 1.82) is 0 Å². The summed E-state index contributed by atoms with van der Waals surface area (Å²) in [6.45, 7) is -0.839. The first-order valence-electron chi connectivity index (χ1n) is 4.67. The molecule has 92 valence electrons. The molecule has 0 radical (unpaired) electrons. The zero-order valence-corrected chi connectivity index (χ0v) is 8.74. The van der Waals surface area contributed by atoms with Gasteiger partial charge in [0, 0.05) is 18.0 Å². The molecule has 1 rings (SSSR count). The van der Waals surface area contributed by atoms with Gasteiger partial charge >= 0.3 is 17.1 Å². The largest absolute Gasteiger partial charge is 0.395 e. The number of H-pyrrole nitrogens is 1. The molecule has 1 aromatic heterocycles. The van der Waals surface area contributed by atoms with E-state index in [0.717, 1.165) is 4.57 Å². The summed E-state index contributed by atoms with van der Waals surface area (Å²) in [7, 11) is 0. The van der Waals surface area contributed by atoms with Crippen molar-refractivity contribution < 1.29 is 5.11 Å². The van der Waals surface area contributed by atoms with Crippen molar-refractivity contribution in [2.75, 3.05) is 13.2 Å². The Kier molecular flexibility index (Phi) is 4.26. The van der Waals surface area contributed by atoms with Gasteiger partial charge in [-0.2, -0.15) is 0 Å². The number of hydrogen-bond acceptors (Lipinski definition) is 5. The molecule has 10 nitrogen and oxygen atoms in total. The second-order valence-electron chi connectivity index (χ2n) is 3.00. The van der Waals surface area contributed by atoms with E-state index in [2.05, 4.69) is 10.0 Å². The van der Waals surface area contributed by atoms with Gasteiger partial charge in [0.1, 0.15) is 0 Å². The van der Waals surface area contributed by atoms with Gasteiger partial charge in [0.05, 0.1) is 13.2 Å². The number of aromatic nitrogens is 3. The van der Waals surface area contributed by atoms with E-state index in [1.54, 1.807) is 0 Å². The fraction of sp³-hybridized carbons (Fsp3) is 0.571. The zero-order valence-electron chi connectivity index (χ0n) is 8.74. The van der Waals surface area contributed by atoms with Gasteiger partial charge in [-0.05, 0) is 5.53 Å². The van der Waals surface area contributed by atoms with Crippen LogP contribution in [0.4, 0.5) is 0 Å². The molecular formula is C7H10N6O4.